The fourth-order valence-electron chi connectivity index (χ4n) is 2.44. The molecular formula is C17H21N3O2. The van der Waals surface area contributed by atoms with Crippen LogP contribution in [0.2, 0.25) is 0 Å². The third kappa shape index (κ3) is 3.75. The number of oxime groups is 1. The summed E-state index contributed by atoms with van der Waals surface area (Å²) in [4.78, 5) is 4.29. The lowest BCUT2D eigenvalue weighted by Crippen LogP contribution is -2.06. The molecule has 1 aromatic heterocycles. The van der Waals surface area contributed by atoms with E-state index >= 15 is 0 Å². The van der Waals surface area contributed by atoms with Crippen molar-refractivity contribution in [1.82, 2.24) is 4.98 Å². The van der Waals surface area contributed by atoms with Gasteiger partial charge in [0.25, 0.3) is 0 Å². The van der Waals surface area contributed by atoms with Crippen LogP contribution in [0.3, 0.4) is 0 Å². The number of anilines is 1. The van der Waals surface area contributed by atoms with Crippen LogP contribution in [0.1, 0.15) is 28.8 Å². The van der Waals surface area contributed by atoms with E-state index in [9.17, 15) is 0 Å². The van der Waals surface area contributed by atoms with Gasteiger partial charge in [0.2, 0.25) is 0 Å². The van der Waals surface area contributed by atoms with E-state index in [0.717, 1.165) is 35.4 Å². The van der Waals surface area contributed by atoms with Gasteiger partial charge < -0.3 is 15.7 Å². The summed E-state index contributed by atoms with van der Waals surface area (Å²) in [7, 11) is 0. The van der Waals surface area contributed by atoms with Crippen molar-refractivity contribution in [3.63, 3.8) is 0 Å². The molecule has 1 heterocycles. The molecule has 5 heteroatoms. The van der Waals surface area contributed by atoms with Crippen molar-refractivity contribution in [2.45, 2.75) is 26.7 Å². The third-order valence-electron chi connectivity index (χ3n) is 3.52. The minimum atomic E-state index is 0.577. The van der Waals surface area contributed by atoms with E-state index in [-0.39, 0.29) is 0 Å². The molecule has 0 fully saturated rings. The van der Waals surface area contributed by atoms with Crippen molar-refractivity contribution in [1.29, 1.82) is 0 Å². The molecule has 0 atom stereocenters. The highest BCUT2D eigenvalue weighted by molar-refractivity contribution is 5.90. The van der Waals surface area contributed by atoms with E-state index in [1.807, 2.05) is 38.1 Å². The number of aromatic nitrogens is 1. The van der Waals surface area contributed by atoms with Gasteiger partial charge >= 0.3 is 0 Å². The van der Waals surface area contributed by atoms with Crippen LogP contribution in [-0.2, 0) is 6.42 Å². The average molecular weight is 299 g/mol. The van der Waals surface area contributed by atoms with Gasteiger partial charge in [0.05, 0.1) is 12.8 Å². The highest BCUT2D eigenvalue weighted by Crippen LogP contribution is 2.30. The van der Waals surface area contributed by atoms with E-state index in [1.165, 1.54) is 6.21 Å². The maximum Gasteiger partial charge on any atom is 0.125 e. The van der Waals surface area contributed by atoms with E-state index in [1.54, 1.807) is 6.20 Å². The van der Waals surface area contributed by atoms with Crippen LogP contribution in [0.25, 0.3) is 0 Å². The number of hydrogen-bond acceptors (Lipinski definition) is 5. The summed E-state index contributed by atoms with van der Waals surface area (Å²) >= 11 is 0. The number of hydrogen-bond donors (Lipinski definition) is 2. The summed E-state index contributed by atoms with van der Waals surface area (Å²) in [5.74, 6) is 0.796. The van der Waals surface area contributed by atoms with E-state index < -0.39 is 0 Å². The van der Waals surface area contributed by atoms with Gasteiger partial charge in [-0.2, -0.15) is 0 Å². The molecule has 0 unspecified atom stereocenters. The molecule has 5 nitrogen and oxygen atoms in total. The fourth-order valence-corrected chi connectivity index (χ4v) is 2.44. The van der Waals surface area contributed by atoms with E-state index in [0.29, 0.717) is 17.9 Å². The lowest BCUT2D eigenvalue weighted by molar-refractivity contribution is 0.306. The molecule has 0 spiro atoms. The largest absolute Gasteiger partial charge is 0.493 e. The Morgan fingerprint density at radius 2 is 2.18 bits per heavy atom. The number of nitrogen functional groups attached to an aromatic ring is 1. The van der Waals surface area contributed by atoms with Gasteiger partial charge in [-0.15, -0.1) is 0 Å². The molecule has 0 saturated heterocycles. The Morgan fingerprint density at radius 3 is 2.86 bits per heavy atom. The molecule has 2 rings (SSSR count). The first-order valence-electron chi connectivity index (χ1n) is 7.23. The number of rotatable bonds is 6. The maximum absolute atomic E-state index is 8.74. The fraction of sp³-hybridized carbons (Fsp3) is 0.294. The van der Waals surface area contributed by atoms with Crippen molar-refractivity contribution in [2.75, 3.05) is 12.3 Å². The Bertz CT molecular complexity index is 655. The topological polar surface area (TPSA) is 80.7 Å². The first kappa shape index (κ1) is 15.8. The van der Waals surface area contributed by atoms with Gasteiger partial charge in [-0.25, -0.2) is 0 Å². The quantitative estimate of drug-likeness (QED) is 0.282. The summed E-state index contributed by atoms with van der Waals surface area (Å²) in [5.41, 5.74) is 10.1. The molecule has 0 aliphatic carbocycles. The summed E-state index contributed by atoms with van der Waals surface area (Å²) in [6.07, 6.45) is 4.89. The van der Waals surface area contributed by atoms with Crippen LogP contribution >= 0.6 is 0 Å². The van der Waals surface area contributed by atoms with Crippen LogP contribution in [0, 0.1) is 13.8 Å². The van der Waals surface area contributed by atoms with Gasteiger partial charge in [-0.05, 0) is 50.5 Å². The molecule has 3 N–H and O–H groups in total. The Kier molecular flexibility index (Phi) is 5.36. The van der Waals surface area contributed by atoms with Crippen LogP contribution in [0.5, 0.6) is 5.75 Å². The zero-order valence-electron chi connectivity index (χ0n) is 12.9. The summed E-state index contributed by atoms with van der Waals surface area (Å²) in [5, 5.41) is 11.8. The van der Waals surface area contributed by atoms with Crippen LogP contribution in [0.15, 0.2) is 35.6 Å². The second kappa shape index (κ2) is 7.45. The number of nitrogens with two attached hydrogens (primary N) is 1. The minimum Gasteiger partial charge on any atom is -0.493 e. The molecule has 0 radical (unpaired) electrons. The van der Waals surface area contributed by atoms with Crippen molar-refractivity contribution in [3.05, 3.63) is 52.8 Å². The first-order valence-corrected chi connectivity index (χ1v) is 7.23. The summed E-state index contributed by atoms with van der Waals surface area (Å²) < 4.78 is 5.90. The number of nitrogens with zero attached hydrogens (tertiary/aromatic N) is 2. The summed E-state index contributed by atoms with van der Waals surface area (Å²) in [6, 6.07) is 7.73. The molecule has 0 aliphatic heterocycles. The molecule has 0 bridgehead atoms. The Balaban J connectivity index is 2.02. The van der Waals surface area contributed by atoms with Gasteiger partial charge in [0.15, 0.2) is 0 Å². The smallest absolute Gasteiger partial charge is 0.125 e. The van der Waals surface area contributed by atoms with Gasteiger partial charge in [-0.1, -0.05) is 11.2 Å². The molecule has 22 heavy (non-hydrogen) atoms. The highest BCUT2D eigenvalue weighted by atomic mass is 16.5. The lowest BCUT2D eigenvalue weighted by atomic mass is 10.0. The summed E-state index contributed by atoms with van der Waals surface area (Å²) in [6.45, 7) is 4.46. The predicted molar refractivity (Wildman–Crippen MR) is 87.8 cm³/mol. The van der Waals surface area contributed by atoms with E-state index in [2.05, 4.69) is 10.1 Å². The van der Waals surface area contributed by atoms with E-state index in [4.69, 9.17) is 15.7 Å². The lowest BCUT2D eigenvalue weighted by Gasteiger charge is -2.15. The third-order valence-corrected chi connectivity index (χ3v) is 3.52. The zero-order chi connectivity index (χ0) is 15.9. The van der Waals surface area contributed by atoms with Crippen molar-refractivity contribution < 1.29 is 9.94 Å². The molecule has 1 aromatic carbocycles. The van der Waals surface area contributed by atoms with Crippen molar-refractivity contribution in [3.8, 4) is 5.75 Å². The Labute approximate surface area is 130 Å². The number of ether oxygens (including phenoxy) is 1. The number of benzene rings is 1. The normalized spacial score (nSPS) is 11.0. The molecule has 0 aliphatic rings. The zero-order valence-corrected chi connectivity index (χ0v) is 12.9. The molecule has 0 amide bonds. The second-order valence-corrected chi connectivity index (χ2v) is 5.17. The Hall–Kier alpha value is -2.56. The van der Waals surface area contributed by atoms with Crippen LogP contribution < -0.4 is 10.5 Å². The molecular weight excluding hydrogens is 278 g/mol. The molecule has 2 aromatic rings. The van der Waals surface area contributed by atoms with Gasteiger partial charge in [-0.3, -0.25) is 4.98 Å². The Morgan fingerprint density at radius 1 is 1.36 bits per heavy atom. The number of aryl methyl sites for hydroxylation is 2. The average Bonchev–Trinajstić information content (AvgIpc) is 2.51. The minimum absolute atomic E-state index is 0.577. The monoisotopic (exact) mass is 299 g/mol. The standard InChI is InChI=1S/C17H21N3O2/c1-12-10-16(18)15(11-20-21)13(2)17(12)22-9-5-7-14-6-3-4-8-19-14/h3-4,6,8,10-11,21H,5,7,9,18H2,1-2H3. The SMILES string of the molecule is Cc1cc(N)c(C=NO)c(C)c1OCCCc1ccccn1. The highest BCUT2D eigenvalue weighted by Gasteiger charge is 2.11. The molecule has 0 saturated carbocycles. The maximum atomic E-state index is 8.74. The number of pyridine rings is 1. The first-order chi connectivity index (χ1) is 10.6. The van der Waals surface area contributed by atoms with Crippen molar-refractivity contribution in [2.24, 2.45) is 5.16 Å². The van der Waals surface area contributed by atoms with Crippen molar-refractivity contribution >= 4 is 11.9 Å². The second-order valence-electron chi connectivity index (χ2n) is 5.17. The van der Waals surface area contributed by atoms with Gasteiger partial charge in [0, 0.05) is 28.7 Å². The molecule has 116 valence electrons. The van der Waals surface area contributed by atoms with Crippen LogP contribution in [-0.4, -0.2) is 23.0 Å². The van der Waals surface area contributed by atoms with Crippen LogP contribution in [0.4, 0.5) is 5.69 Å². The van der Waals surface area contributed by atoms with Gasteiger partial charge in [0.1, 0.15) is 5.75 Å². The predicted octanol–water partition coefficient (Wildman–Crippen LogP) is 3.10.